The van der Waals surface area contributed by atoms with E-state index in [4.69, 9.17) is 10.5 Å². The lowest BCUT2D eigenvalue weighted by Crippen LogP contribution is -1.97. The molecule has 0 saturated carbocycles. The van der Waals surface area contributed by atoms with Crippen molar-refractivity contribution in [2.75, 3.05) is 12.8 Å². The lowest BCUT2D eigenvalue weighted by atomic mass is 10.0. The van der Waals surface area contributed by atoms with Crippen LogP contribution < -0.4 is 10.5 Å². The van der Waals surface area contributed by atoms with Gasteiger partial charge >= 0.3 is 0 Å². The van der Waals surface area contributed by atoms with E-state index >= 15 is 0 Å². The van der Waals surface area contributed by atoms with E-state index in [1.54, 1.807) is 7.11 Å². The fraction of sp³-hybridized carbons (Fsp3) is 0.200. The first-order valence-electron chi connectivity index (χ1n) is 5.86. The Morgan fingerprint density at radius 1 is 1.06 bits per heavy atom. The molecule has 0 aliphatic rings. The van der Waals surface area contributed by atoms with Crippen LogP contribution in [0.25, 0.3) is 0 Å². The number of benzene rings is 2. The standard InChI is InChI=1S/C15H16BrNO/c1-18-14-7-3-11(4-8-14)2-5-12-10-13(16)6-9-15(12)17/h3-4,6-10H,2,5,17H2,1H3. The topological polar surface area (TPSA) is 35.2 Å². The number of halogens is 1. The Hall–Kier alpha value is -1.48. The second-order valence-electron chi connectivity index (χ2n) is 4.19. The molecule has 0 radical (unpaired) electrons. The van der Waals surface area contributed by atoms with E-state index in [1.165, 1.54) is 11.1 Å². The average molecular weight is 306 g/mol. The van der Waals surface area contributed by atoms with Crippen molar-refractivity contribution >= 4 is 21.6 Å². The molecule has 0 spiro atoms. The molecule has 0 unspecified atom stereocenters. The summed E-state index contributed by atoms with van der Waals surface area (Å²) in [5.74, 6) is 0.890. The van der Waals surface area contributed by atoms with Crippen LogP contribution in [0.4, 0.5) is 5.69 Å². The molecule has 0 heterocycles. The van der Waals surface area contributed by atoms with Gasteiger partial charge in [-0.1, -0.05) is 28.1 Å². The summed E-state index contributed by atoms with van der Waals surface area (Å²) >= 11 is 3.47. The second-order valence-corrected chi connectivity index (χ2v) is 5.11. The fourth-order valence-electron chi connectivity index (χ4n) is 1.86. The van der Waals surface area contributed by atoms with Crippen LogP contribution in [0.5, 0.6) is 5.75 Å². The van der Waals surface area contributed by atoms with E-state index < -0.39 is 0 Å². The first-order chi connectivity index (χ1) is 8.69. The quantitative estimate of drug-likeness (QED) is 0.871. The SMILES string of the molecule is COc1ccc(CCc2cc(Br)ccc2N)cc1. The Labute approximate surface area is 116 Å². The maximum Gasteiger partial charge on any atom is 0.118 e. The van der Waals surface area contributed by atoms with Gasteiger partial charge in [0.05, 0.1) is 7.11 Å². The molecule has 18 heavy (non-hydrogen) atoms. The smallest absolute Gasteiger partial charge is 0.118 e. The van der Waals surface area contributed by atoms with Gasteiger partial charge in [0.25, 0.3) is 0 Å². The van der Waals surface area contributed by atoms with E-state index in [0.717, 1.165) is 28.8 Å². The summed E-state index contributed by atoms with van der Waals surface area (Å²) in [6.45, 7) is 0. The Kier molecular flexibility index (Phi) is 4.26. The molecular formula is C15H16BrNO. The first-order valence-corrected chi connectivity index (χ1v) is 6.65. The molecule has 2 aromatic rings. The molecule has 0 fully saturated rings. The maximum atomic E-state index is 5.96. The van der Waals surface area contributed by atoms with Crippen molar-refractivity contribution in [3.05, 3.63) is 58.1 Å². The van der Waals surface area contributed by atoms with Gasteiger partial charge in [-0.3, -0.25) is 0 Å². The number of hydrogen-bond acceptors (Lipinski definition) is 2. The van der Waals surface area contributed by atoms with Gasteiger partial charge in [0.2, 0.25) is 0 Å². The van der Waals surface area contributed by atoms with Gasteiger partial charge in [-0.2, -0.15) is 0 Å². The summed E-state index contributed by atoms with van der Waals surface area (Å²) in [5.41, 5.74) is 9.28. The van der Waals surface area contributed by atoms with Crippen LogP contribution in [0, 0.1) is 0 Å². The van der Waals surface area contributed by atoms with Gasteiger partial charge in [0.15, 0.2) is 0 Å². The van der Waals surface area contributed by atoms with Gasteiger partial charge < -0.3 is 10.5 Å². The van der Waals surface area contributed by atoms with Crippen molar-refractivity contribution in [2.24, 2.45) is 0 Å². The molecule has 2 nitrogen and oxygen atoms in total. The molecule has 94 valence electrons. The van der Waals surface area contributed by atoms with Crippen molar-refractivity contribution in [3.63, 3.8) is 0 Å². The lowest BCUT2D eigenvalue weighted by Gasteiger charge is -2.07. The monoisotopic (exact) mass is 305 g/mol. The highest BCUT2D eigenvalue weighted by atomic mass is 79.9. The second kappa shape index (κ2) is 5.91. The zero-order chi connectivity index (χ0) is 13.0. The van der Waals surface area contributed by atoms with Gasteiger partial charge in [0, 0.05) is 10.2 Å². The summed E-state index contributed by atoms with van der Waals surface area (Å²) < 4.78 is 6.21. The van der Waals surface area contributed by atoms with Crippen LogP contribution in [0.2, 0.25) is 0 Å². The molecule has 0 saturated heterocycles. The normalized spacial score (nSPS) is 10.3. The molecule has 0 aliphatic carbocycles. The molecule has 0 aromatic heterocycles. The van der Waals surface area contributed by atoms with Crippen molar-refractivity contribution in [1.82, 2.24) is 0 Å². The molecule has 2 N–H and O–H groups in total. The predicted molar refractivity (Wildman–Crippen MR) is 79.0 cm³/mol. The molecule has 2 aromatic carbocycles. The minimum atomic E-state index is 0.853. The van der Waals surface area contributed by atoms with Crippen LogP contribution in [0.3, 0.4) is 0 Å². The largest absolute Gasteiger partial charge is 0.497 e. The van der Waals surface area contributed by atoms with E-state index in [2.05, 4.69) is 34.1 Å². The minimum Gasteiger partial charge on any atom is -0.497 e. The Morgan fingerprint density at radius 2 is 1.78 bits per heavy atom. The van der Waals surface area contributed by atoms with E-state index in [9.17, 15) is 0 Å². The van der Waals surface area contributed by atoms with Crippen LogP contribution >= 0.6 is 15.9 Å². The van der Waals surface area contributed by atoms with Gasteiger partial charge in [-0.25, -0.2) is 0 Å². The third-order valence-corrected chi connectivity index (χ3v) is 3.44. The average Bonchev–Trinajstić information content (AvgIpc) is 2.40. The Balaban J connectivity index is 2.04. The van der Waals surface area contributed by atoms with Crippen LogP contribution in [0.1, 0.15) is 11.1 Å². The number of hydrogen-bond donors (Lipinski definition) is 1. The van der Waals surface area contributed by atoms with Crippen molar-refractivity contribution < 1.29 is 4.74 Å². The van der Waals surface area contributed by atoms with E-state index in [1.807, 2.05) is 24.3 Å². The molecule has 0 bridgehead atoms. The number of aryl methyl sites for hydroxylation is 2. The highest BCUT2D eigenvalue weighted by molar-refractivity contribution is 9.10. The third-order valence-electron chi connectivity index (χ3n) is 2.95. The number of nitrogen functional groups attached to an aromatic ring is 1. The van der Waals surface area contributed by atoms with Crippen LogP contribution in [-0.2, 0) is 12.8 Å². The molecular weight excluding hydrogens is 290 g/mol. The first kappa shape index (κ1) is 13.0. The van der Waals surface area contributed by atoms with E-state index in [0.29, 0.717) is 0 Å². The number of nitrogens with two attached hydrogens (primary N) is 1. The van der Waals surface area contributed by atoms with Crippen molar-refractivity contribution in [2.45, 2.75) is 12.8 Å². The zero-order valence-electron chi connectivity index (χ0n) is 10.3. The fourth-order valence-corrected chi connectivity index (χ4v) is 2.27. The lowest BCUT2D eigenvalue weighted by molar-refractivity contribution is 0.414. The zero-order valence-corrected chi connectivity index (χ0v) is 11.9. The molecule has 0 amide bonds. The van der Waals surface area contributed by atoms with Gasteiger partial charge in [0.1, 0.15) is 5.75 Å². The van der Waals surface area contributed by atoms with Crippen molar-refractivity contribution in [3.8, 4) is 5.75 Å². The summed E-state index contributed by atoms with van der Waals surface area (Å²) in [7, 11) is 1.68. The number of ether oxygens (including phenoxy) is 1. The minimum absolute atomic E-state index is 0.853. The highest BCUT2D eigenvalue weighted by Gasteiger charge is 2.01. The maximum absolute atomic E-state index is 5.96. The summed E-state index contributed by atoms with van der Waals surface area (Å²) in [5, 5.41) is 0. The third kappa shape index (κ3) is 3.26. The van der Waals surface area contributed by atoms with Crippen LogP contribution in [-0.4, -0.2) is 7.11 Å². The summed E-state index contributed by atoms with van der Waals surface area (Å²) in [4.78, 5) is 0. The molecule has 3 heteroatoms. The van der Waals surface area contributed by atoms with E-state index in [-0.39, 0.29) is 0 Å². The number of anilines is 1. The van der Waals surface area contributed by atoms with Crippen LogP contribution in [0.15, 0.2) is 46.9 Å². The number of methoxy groups -OCH3 is 1. The highest BCUT2D eigenvalue weighted by Crippen LogP contribution is 2.20. The molecule has 2 rings (SSSR count). The summed E-state index contributed by atoms with van der Waals surface area (Å²) in [6.07, 6.45) is 1.92. The Morgan fingerprint density at radius 3 is 2.44 bits per heavy atom. The van der Waals surface area contributed by atoms with Gasteiger partial charge in [-0.05, 0) is 54.3 Å². The van der Waals surface area contributed by atoms with Gasteiger partial charge in [-0.15, -0.1) is 0 Å². The predicted octanol–water partition coefficient (Wildman–Crippen LogP) is 3.83. The molecule has 0 atom stereocenters. The Bertz CT molecular complexity index is 523. The van der Waals surface area contributed by atoms with Crippen molar-refractivity contribution in [1.29, 1.82) is 0 Å². The summed E-state index contributed by atoms with van der Waals surface area (Å²) in [6, 6.07) is 14.1. The molecule has 0 aliphatic heterocycles. The number of rotatable bonds is 4.